The summed E-state index contributed by atoms with van der Waals surface area (Å²) < 4.78 is 5.84. The van der Waals surface area contributed by atoms with Crippen LogP contribution in [0.5, 0.6) is 5.75 Å². The average Bonchev–Trinajstić information content (AvgIpc) is 2.56. The van der Waals surface area contributed by atoms with E-state index in [0.717, 1.165) is 29.5 Å². The lowest BCUT2D eigenvalue weighted by Gasteiger charge is -2.19. The molecule has 0 spiro atoms. The zero-order valence-electron chi connectivity index (χ0n) is 14.8. The zero-order valence-corrected chi connectivity index (χ0v) is 14.8. The van der Waals surface area contributed by atoms with Crippen LogP contribution in [0.1, 0.15) is 65.0 Å². The highest BCUT2D eigenvalue weighted by atomic mass is 16.5. The van der Waals surface area contributed by atoms with E-state index in [9.17, 15) is 9.90 Å². The summed E-state index contributed by atoms with van der Waals surface area (Å²) in [5.74, 6) is -0.270. The van der Waals surface area contributed by atoms with Gasteiger partial charge in [0.05, 0.1) is 0 Å². The van der Waals surface area contributed by atoms with Gasteiger partial charge < -0.3 is 9.84 Å². The predicted octanol–water partition coefficient (Wildman–Crippen LogP) is 5.56. The van der Waals surface area contributed by atoms with E-state index in [1.54, 1.807) is 0 Å². The summed E-state index contributed by atoms with van der Waals surface area (Å²) in [7, 11) is 0. The Labute approximate surface area is 139 Å². The van der Waals surface area contributed by atoms with Crippen LogP contribution in [0.15, 0.2) is 30.4 Å². The number of aliphatic carboxylic acids is 1. The van der Waals surface area contributed by atoms with Gasteiger partial charge in [-0.15, -0.1) is 0 Å². The fourth-order valence-electron chi connectivity index (χ4n) is 2.28. The van der Waals surface area contributed by atoms with E-state index in [2.05, 4.69) is 19.1 Å². The monoisotopic (exact) mass is 316 g/mol. The maximum absolute atomic E-state index is 11.4. The second kappa shape index (κ2) is 9.19. The highest BCUT2D eigenvalue weighted by molar-refractivity contribution is 5.76. The molecule has 126 valence electrons. The van der Waals surface area contributed by atoms with E-state index in [0.29, 0.717) is 12.2 Å². The minimum absolute atomic E-state index is 0.524. The average molecular weight is 316 g/mol. The Kier molecular flexibility index (Phi) is 7.60. The highest BCUT2D eigenvalue weighted by Gasteiger charge is 2.20. The summed E-state index contributed by atoms with van der Waals surface area (Å²) in [5, 5.41) is 9.38. The van der Waals surface area contributed by atoms with Crippen LogP contribution in [0.2, 0.25) is 0 Å². The predicted molar refractivity (Wildman–Crippen MR) is 96.7 cm³/mol. The highest BCUT2D eigenvalue weighted by Crippen LogP contribution is 2.31. The van der Waals surface area contributed by atoms with Gasteiger partial charge in [-0.1, -0.05) is 31.6 Å². The van der Waals surface area contributed by atoms with E-state index in [4.69, 9.17) is 4.74 Å². The Balaban J connectivity index is 3.21. The lowest BCUT2D eigenvalue weighted by atomic mass is 9.99. The normalized spacial score (nSPS) is 13.8. The Morgan fingerprint density at radius 3 is 2.39 bits per heavy atom. The number of benzene rings is 1. The molecule has 0 saturated heterocycles. The molecule has 0 heterocycles. The van der Waals surface area contributed by atoms with Crippen molar-refractivity contribution in [3.05, 3.63) is 41.5 Å². The molecule has 0 fully saturated rings. The van der Waals surface area contributed by atoms with Crippen LogP contribution >= 0.6 is 0 Å². The number of carboxylic acids is 1. The van der Waals surface area contributed by atoms with Crippen molar-refractivity contribution in [2.75, 3.05) is 0 Å². The Hall–Kier alpha value is -2.03. The van der Waals surface area contributed by atoms with Crippen molar-refractivity contribution >= 4 is 17.1 Å². The smallest absolute Gasteiger partial charge is 0.344 e. The molecule has 0 radical (unpaired) electrons. The van der Waals surface area contributed by atoms with Crippen molar-refractivity contribution in [3.63, 3.8) is 0 Å². The molecule has 0 bridgehead atoms. The van der Waals surface area contributed by atoms with Gasteiger partial charge in [-0.05, 0) is 69.4 Å². The van der Waals surface area contributed by atoms with E-state index in [1.165, 1.54) is 5.57 Å². The van der Waals surface area contributed by atoms with E-state index < -0.39 is 12.1 Å². The van der Waals surface area contributed by atoms with Gasteiger partial charge in [0, 0.05) is 5.56 Å². The van der Waals surface area contributed by atoms with Crippen LogP contribution in [-0.2, 0) is 4.79 Å². The third-order valence-electron chi connectivity index (χ3n) is 4.09. The van der Waals surface area contributed by atoms with Crippen molar-refractivity contribution in [2.45, 2.75) is 60.0 Å². The number of carboxylic acid groups (broad SMARTS) is 1. The summed E-state index contributed by atoms with van der Waals surface area (Å²) in [6, 6.07) is 5.93. The van der Waals surface area contributed by atoms with Gasteiger partial charge in [0.15, 0.2) is 6.10 Å². The molecule has 1 unspecified atom stereocenters. The van der Waals surface area contributed by atoms with Gasteiger partial charge in [0.2, 0.25) is 0 Å². The second-order valence-corrected chi connectivity index (χ2v) is 5.74. The first-order valence-corrected chi connectivity index (χ1v) is 8.24. The van der Waals surface area contributed by atoms with Crippen LogP contribution in [0.25, 0.3) is 11.1 Å². The van der Waals surface area contributed by atoms with Crippen molar-refractivity contribution < 1.29 is 14.6 Å². The van der Waals surface area contributed by atoms with Crippen LogP contribution < -0.4 is 4.74 Å². The van der Waals surface area contributed by atoms with Gasteiger partial charge in [0.1, 0.15) is 5.75 Å². The van der Waals surface area contributed by atoms with Crippen molar-refractivity contribution in [3.8, 4) is 5.75 Å². The molecule has 3 nitrogen and oxygen atoms in total. The van der Waals surface area contributed by atoms with E-state index in [1.807, 2.05) is 45.9 Å². The summed E-state index contributed by atoms with van der Waals surface area (Å²) in [6.45, 7) is 10.1. The van der Waals surface area contributed by atoms with Gasteiger partial charge in [0.25, 0.3) is 0 Å². The Morgan fingerprint density at radius 1 is 1.22 bits per heavy atom. The van der Waals surface area contributed by atoms with E-state index in [-0.39, 0.29) is 0 Å². The first kappa shape index (κ1) is 19.0. The summed E-state index contributed by atoms with van der Waals surface area (Å²) >= 11 is 0. The molecule has 1 atom stereocenters. The number of ether oxygens (including phenoxy) is 1. The SMILES string of the molecule is C/C=C(\C)c1ccc(OC(CCCC)C(=O)O)c(/C(C)=C/C)c1. The van der Waals surface area contributed by atoms with Gasteiger partial charge in [-0.25, -0.2) is 4.79 Å². The fraction of sp³-hybridized carbons (Fsp3) is 0.450. The lowest BCUT2D eigenvalue weighted by molar-refractivity contribution is -0.145. The molecule has 0 aliphatic carbocycles. The fourth-order valence-corrected chi connectivity index (χ4v) is 2.28. The molecule has 0 saturated carbocycles. The molecular weight excluding hydrogens is 288 g/mol. The number of carbonyl (C=O) groups is 1. The molecule has 0 amide bonds. The first-order chi connectivity index (χ1) is 10.9. The van der Waals surface area contributed by atoms with Gasteiger partial charge >= 0.3 is 5.97 Å². The molecule has 0 aliphatic rings. The minimum atomic E-state index is -0.906. The molecule has 23 heavy (non-hydrogen) atoms. The van der Waals surface area contributed by atoms with Crippen LogP contribution in [0, 0.1) is 0 Å². The molecule has 1 aromatic carbocycles. The van der Waals surface area contributed by atoms with Crippen molar-refractivity contribution in [1.82, 2.24) is 0 Å². The molecular formula is C20H28O3. The summed E-state index contributed by atoms with van der Waals surface area (Å²) in [6.07, 6.45) is 5.59. The third kappa shape index (κ3) is 5.27. The Bertz CT molecular complexity index is 597. The molecule has 3 heteroatoms. The number of hydrogen-bond acceptors (Lipinski definition) is 2. The third-order valence-corrected chi connectivity index (χ3v) is 4.09. The maximum Gasteiger partial charge on any atom is 0.344 e. The lowest BCUT2D eigenvalue weighted by Crippen LogP contribution is -2.27. The first-order valence-electron chi connectivity index (χ1n) is 8.24. The molecule has 0 aromatic heterocycles. The van der Waals surface area contributed by atoms with Gasteiger partial charge in [-0.2, -0.15) is 0 Å². The molecule has 1 aromatic rings. The Morgan fingerprint density at radius 2 is 1.87 bits per heavy atom. The molecule has 1 N–H and O–H groups in total. The molecule has 0 aliphatic heterocycles. The number of allylic oxidation sites excluding steroid dienone is 4. The maximum atomic E-state index is 11.4. The van der Waals surface area contributed by atoms with Crippen molar-refractivity contribution in [2.24, 2.45) is 0 Å². The van der Waals surface area contributed by atoms with E-state index >= 15 is 0 Å². The van der Waals surface area contributed by atoms with Crippen LogP contribution in [-0.4, -0.2) is 17.2 Å². The quantitative estimate of drug-likeness (QED) is 0.683. The number of rotatable bonds is 8. The number of unbranched alkanes of at least 4 members (excludes halogenated alkanes) is 1. The topological polar surface area (TPSA) is 46.5 Å². The summed E-state index contributed by atoms with van der Waals surface area (Å²) in [4.78, 5) is 11.4. The van der Waals surface area contributed by atoms with Crippen molar-refractivity contribution in [1.29, 1.82) is 0 Å². The largest absolute Gasteiger partial charge is 0.479 e. The van der Waals surface area contributed by atoms with Crippen LogP contribution in [0.3, 0.4) is 0 Å². The second-order valence-electron chi connectivity index (χ2n) is 5.74. The number of hydrogen-bond donors (Lipinski definition) is 1. The van der Waals surface area contributed by atoms with Crippen LogP contribution in [0.4, 0.5) is 0 Å². The minimum Gasteiger partial charge on any atom is -0.479 e. The zero-order chi connectivity index (χ0) is 17.4. The summed E-state index contributed by atoms with van der Waals surface area (Å²) in [5.41, 5.74) is 4.33. The standard InChI is InChI=1S/C20H28O3/c1-6-9-10-19(20(21)22)23-18-12-11-16(14(4)7-2)13-17(18)15(5)8-3/h7-8,11-13,19H,6,9-10H2,1-5H3,(H,21,22)/b14-7+,15-8+. The van der Waals surface area contributed by atoms with Gasteiger partial charge in [-0.3, -0.25) is 0 Å². The molecule has 1 rings (SSSR count).